The second-order valence-corrected chi connectivity index (χ2v) is 4.91. The van der Waals surface area contributed by atoms with E-state index in [2.05, 4.69) is 38.8 Å². The lowest BCUT2D eigenvalue weighted by Crippen LogP contribution is -2.01. The molecule has 0 radical (unpaired) electrons. The van der Waals surface area contributed by atoms with Crippen molar-refractivity contribution in [2.45, 2.75) is 17.1 Å². The molecule has 0 rings (SSSR count). The van der Waals surface area contributed by atoms with Gasteiger partial charge in [-0.25, -0.2) is 0 Å². The Morgan fingerprint density at radius 3 is 2.50 bits per heavy atom. The Labute approximate surface area is 67.0 Å². The summed E-state index contributed by atoms with van der Waals surface area (Å²) >= 11 is 6.59. The van der Waals surface area contributed by atoms with E-state index in [9.17, 15) is 0 Å². The van der Waals surface area contributed by atoms with Gasteiger partial charge in [-0.05, 0) is 6.42 Å². The smallest absolute Gasteiger partial charge is 0.0930 e. The fourth-order valence-electron chi connectivity index (χ4n) is 0.317. The Kier molecular flexibility index (Phi) is 6.74. The number of ether oxygens (including phenoxy) is 1. The molecular weight excluding hydrogens is 236 g/mol. The van der Waals surface area contributed by atoms with Gasteiger partial charge >= 0.3 is 0 Å². The van der Waals surface area contributed by atoms with Gasteiger partial charge in [-0.1, -0.05) is 38.8 Å². The molecule has 0 bridgehead atoms. The van der Waals surface area contributed by atoms with E-state index in [1.807, 2.05) is 0 Å². The van der Waals surface area contributed by atoms with Crippen LogP contribution >= 0.6 is 31.9 Å². The minimum atomic E-state index is 0.307. The van der Waals surface area contributed by atoms with Crippen molar-refractivity contribution in [3.8, 4) is 0 Å². The first-order valence-corrected chi connectivity index (χ1v) is 4.46. The molecule has 0 aromatic carbocycles. The number of alkyl halides is 2. The summed E-state index contributed by atoms with van der Waals surface area (Å²) < 4.78 is 5.46. The minimum Gasteiger partial charge on any atom is -0.379 e. The molecule has 0 aliphatic rings. The summed E-state index contributed by atoms with van der Waals surface area (Å²) in [6.45, 7) is 3.69. The normalized spacial score (nSPS) is 10.5. The zero-order valence-electron chi connectivity index (χ0n) is 4.86. The van der Waals surface area contributed by atoms with Crippen LogP contribution in [0.25, 0.3) is 0 Å². The van der Waals surface area contributed by atoms with Crippen molar-refractivity contribution in [3.63, 3.8) is 0 Å². The van der Waals surface area contributed by atoms with Crippen molar-refractivity contribution in [1.82, 2.24) is 0 Å². The SMILES string of the molecule is CCCOCC(Br)Br. The van der Waals surface area contributed by atoms with Crippen LogP contribution in [0, 0.1) is 0 Å². The van der Waals surface area contributed by atoms with Crippen LogP contribution in [0.1, 0.15) is 13.3 Å². The Balaban J connectivity index is 2.72. The average molecular weight is 246 g/mol. The van der Waals surface area contributed by atoms with E-state index in [1.165, 1.54) is 0 Å². The third kappa shape index (κ3) is 6.92. The quantitative estimate of drug-likeness (QED) is 0.547. The van der Waals surface area contributed by atoms with E-state index in [-0.39, 0.29) is 0 Å². The summed E-state index contributed by atoms with van der Waals surface area (Å²) in [6, 6.07) is 0. The maximum atomic E-state index is 5.15. The molecule has 0 aromatic rings. The largest absolute Gasteiger partial charge is 0.379 e. The molecule has 0 N–H and O–H groups in total. The van der Waals surface area contributed by atoms with Gasteiger partial charge in [0.2, 0.25) is 0 Å². The van der Waals surface area contributed by atoms with E-state index >= 15 is 0 Å². The van der Waals surface area contributed by atoms with Crippen molar-refractivity contribution in [2.24, 2.45) is 0 Å². The third-order valence-corrected chi connectivity index (χ3v) is 1.12. The van der Waals surface area contributed by atoms with Crippen LogP contribution in [0.2, 0.25) is 0 Å². The highest BCUT2D eigenvalue weighted by Gasteiger charge is 1.94. The van der Waals surface area contributed by atoms with Crippen LogP contribution in [0.3, 0.4) is 0 Å². The summed E-state index contributed by atoms with van der Waals surface area (Å²) in [7, 11) is 0. The summed E-state index contributed by atoms with van der Waals surface area (Å²) in [6.07, 6.45) is 1.09. The lowest BCUT2D eigenvalue weighted by molar-refractivity contribution is 0.148. The maximum absolute atomic E-state index is 5.15. The number of hydrogen-bond donors (Lipinski definition) is 0. The van der Waals surface area contributed by atoms with Gasteiger partial charge in [0.25, 0.3) is 0 Å². The van der Waals surface area contributed by atoms with E-state index in [4.69, 9.17) is 4.74 Å². The first-order chi connectivity index (χ1) is 3.77. The molecule has 0 fully saturated rings. The van der Waals surface area contributed by atoms with Crippen LogP contribution in [0.15, 0.2) is 0 Å². The van der Waals surface area contributed by atoms with Gasteiger partial charge in [0.05, 0.1) is 10.3 Å². The fourth-order valence-corrected chi connectivity index (χ4v) is 0.691. The van der Waals surface area contributed by atoms with E-state index in [1.54, 1.807) is 0 Å². The molecule has 3 heteroatoms. The van der Waals surface area contributed by atoms with Gasteiger partial charge in [0.15, 0.2) is 0 Å². The highest BCUT2D eigenvalue weighted by molar-refractivity contribution is 9.24. The van der Waals surface area contributed by atoms with Crippen molar-refractivity contribution >= 4 is 31.9 Å². The zero-order valence-corrected chi connectivity index (χ0v) is 8.03. The standard InChI is InChI=1S/C5H10Br2O/c1-2-3-8-4-5(6)7/h5H,2-4H2,1H3. The molecular formula is C5H10Br2O. The lowest BCUT2D eigenvalue weighted by Gasteiger charge is -2.00. The summed E-state index contributed by atoms with van der Waals surface area (Å²) in [4.78, 5) is 0. The predicted octanol–water partition coefficient (Wildman–Crippen LogP) is 2.53. The van der Waals surface area contributed by atoms with Gasteiger partial charge in [-0.3, -0.25) is 0 Å². The Morgan fingerprint density at radius 2 is 2.12 bits per heavy atom. The van der Waals surface area contributed by atoms with Crippen molar-refractivity contribution < 1.29 is 4.74 Å². The number of halogens is 2. The molecule has 0 aliphatic heterocycles. The zero-order chi connectivity index (χ0) is 6.41. The average Bonchev–Trinajstić information content (AvgIpc) is 1.66. The van der Waals surface area contributed by atoms with E-state index in [0.29, 0.717) is 3.74 Å². The van der Waals surface area contributed by atoms with Gasteiger partial charge < -0.3 is 4.74 Å². The van der Waals surface area contributed by atoms with Gasteiger partial charge in [0, 0.05) is 6.61 Å². The molecule has 0 amide bonds. The first-order valence-electron chi connectivity index (χ1n) is 2.63. The second kappa shape index (κ2) is 6.05. The third-order valence-electron chi connectivity index (χ3n) is 0.592. The minimum absolute atomic E-state index is 0.307. The molecule has 0 spiro atoms. The summed E-state index contributed by atoms with van der Waals surface area (Å²) in [5, 5.41) is 0. The van der Waals surface area contributed by atoms with Crippen molar-refractivity contribution in [3.05, 3.63) is 0 Å². The molecule has 0 unspecified atom stereocenters. The van der Waals surface area contributed by atoms with Gasteiger partial charge in [0.1, 0.15) is 0 Å². The maximum Gasteiger partial charge on any atom is 0.0930 e. The van der Waals surface area contributed by atoms with Crippen LogP contribution in [-0.4, -0.2) is 17.0 Å². The fraction of sp³-hybridized carbons (Fsp3) is 1.00. The highest BCUT2D eigenvalue weighted by atomic mass is 79.9. The molecule has 0 heterocycles. The highest BCUT2D eigenvalue weighted by Crippen LogP contribution is 2.07. The van der Waals surface area contributed by atoms with Crippen LogP contribution in [-0.2, 0) is 4.74 Å². The van der Waals surface area contributed by atoms with Gasteiger partial charge in [-0.2, -0.15) is 0 Å². The number of rotatable bonds is 4. The van der Waals surface area contributed by atoms with E-state index in [0.717, 1.165) is 19.6 Å². The Bertz CT molecular complexity index is 47.7. The molecule has 8 heavy (non-hydrogen) atoms. The topological polar surface area (TPSA) is 9.23 Å². The van der Waals surface area contributed by atoms with Crippen LogP contribution in [0.4, 0.5) is 0 Å². The molecule has 0 aliphatic carbocycles. The van der Waals surface area contributed by atoms with Gasteiger partial charge in [-0.15, -0.1) is 0 Å². The predicted molar refractivity (Wildman–Crippen MR) is 42.8 cm³/mol. The Hall–Kier alpha value is 0.920. The first kappa shape index (κ1) is 8.92. The monoisotopic (exact) mass is 244 g/mol. The summed E-state index contributed by atoms with van der Waals surface area (Å²) in [5.41, 5.74) is 0. The van der Waals surface area contributed by atoms with Crippen molar-refractivity contribution in [2.75, 3.05) is 13.2 Å². The summed E-state index contributed by atoms with van der Waals surface area (Å²) in [5.74, 6) is 0. The Morgan fingerprint density at radius 1 is 1.50 bits per heavy atom. The molecule has 0 atom stereocenters. The molecule has 0 saturated heterocycles. The molecule has 50 valence electrons. The van der Waals surface area contributed by atoms with Crippen LogP contribution < -0.4 is 0 Å². The van der Waals surface area contributed by atoms with Crippen molar-refractivity contribution in [1.29, 1.82) is 0 Å². The lowest BCUT2D eigenvalue weighted by atomic mass is 10.5. The molecule has 1 nitrogen and oxygen atoms in total. The molecule has 0 aromatic heterocycles. The van der Waals surface area contributed by atoms with Crippen LogP contribution in [0.5, 0.6) is 0 Å². The number of hydrogen-bond acceptors (Lipinski definition) is 1. The van der Waals surface area contributed by atoms with E-state index < -0.39 is 0 Å². The second-order valence-electron chi connectivity index (χ2n) is 1.47. The molecule has 0 saturated carbocycles.